The summed E-state index contributed by atoms with van der Waals surface area (Å²) in [6, 6.07) is 1.96. The standard InChI is InChI=1S/C15H28N6.HI/c1-13-5-10-21(11-6-13)9-3-7-17-15(16-2)18-12-14-4-8-19-20-14;/h4,8,13H,3,5-7,9-12H2,1-2H3,(H,19,20)(H2,16,17,18);1H. The number of H-pyrrole nitrogens is 1. The fraction of sp³-hybridized carbons (Fsp3) is 0.733. The van der Waals surface area contributed by atoms with Crippen molar-refractivity contribution in [1.82, 2.24) is 25.7 Å². The van der Waals surface area contributed by atoms with E-state index >= 15 is 0 Å². The summed E-state index contributed by atoms with van der Waals surface area (Å²) in [7, 11) is 1.80. The zero-order valence-electron chi connectivity index (χ0n) is 13.6. The van der Waals surface area contributed by atoms with Crippen molar-refractivity contribution in [3.63, 3.8) is 0 Å². The van der Waals surface area contributed by atoms with Crippen LogP contribution in [0, 0.1) is 5.92 Å². The van der Waals surface area contributed by atoms with Gasteiger partial charge in [-0.3, -0.25) is 10.1 Å². The Balaban J connectivity index is 0.00000242. The largest absolute Gasteiger partial charge is 0.356 e. The zero-order valence-corrected chi connectivity index (χ0v) is 16.0. The molecular weight excluding hydrogens is 391 g/mol. The molecule has 6 nitrogen and oxygen atoms in total. The average Bonchev–Trinajstić information content (AvgIpc) is 3.02. The van der Waals surface area contributed by atoms with Gasteiger partial charge in [-0.1, -0.05) is 6.92 Å². The number of rotatable bonds is 6. The lowest BCUT2D eigenvalue weighted by Gasteiger charge is -2.30. The van der Waals surface area contributed by atoms with E-state index in [0.29, 0.717) is 6.54 Å². The minimum absolute atomic E-state index is 0. The van der Waals surface area contributed by atoms with Crippen LogP contribution >= 0.6 is 24.0 Å². The summed E-state index contributed by atoms with van der Waals surface area (Å²) in [4.78, 5) is 6.80. The maximum Gasteiger partial charge on any atom is 0.191 e. The fourth-order valence-corrected chi connectivity index (χ4v) is 2.58. The van der Waals surface area contributed by atoms with E-state index in [0.717, 1.165) is 30.5 Å². The molecule has 22 heavy (non-hydrogen) atoms. The third-order valence-electron chi connectivity index (χ3n) is 4.05. The summed E-state index contributed by atoms with van der Waals surface area (Å²) in [5, 5.41) is 13.5. The molecule has 1 saturated heterocycles. The molecule has 1 aromatic heterocycles. The van der Waals surface area contributed by atoms with Gasteiger partial charge in [0.2, 0.25) is 0 Å². The van der Waals surface area contributed by atoms with Gasteiger partial charge in [-0.05, 0) is 50.9 Å². The van der Waals surface area contributed by atoms with E-state index in [1.165, 1.54) is 32.5 Å². The molecule has 0 aliphatic carbocycles. The molecular formula is C15H29IN6. The molecule has 2 heterocycles. The van der Waals surface area contributed by atoms with Gasteiger partial charge >= 0.3 is 0 Å². The number of aliphatic imine (C=N–C) groups is 1. The van der Waals surface area contributed by atoms with Crippen molar-refractivity contribution in [2.75, 3.05) is 33.2 Å². The van der Waals surface area contributed by atoms with Crippen LogP contribution in [0.3, 0.4) is 0 Å². The average molecular weight is 420 g/mol. The summed E-state index contributed by atoms with van der Waals surface area (Å²) in [6.07, 6.45) is 5.60. The lowest BCUT2D eigenvalue weighted by molar-refractivity contribution is 0.191. The summed E-state index contributed by atoms with van der Waals surface area (Å²) < 4.78 is 0. The predicted molar refractivity (Wildman–Crippen MR) is 102 cm³/mol. The van der Waals surface area contributed by atoms with Crippen LogP contribution in [-0.4, -0.2) is 54.3 Å². The van der Waals surface area contributed by atoms with E-state index in [4.69, 9.17) is 0 Å². The van der Waals surface area contributed by atoms with Crippen molar-refractivity contribution >= 4 is 29.9 Å². The van der Waals surface area contributed by atoms with E-state index in [9.17, 15) is 0 Å². The lowest BCUT2D eigenvalue weighted by Crippen LogP contribution is -2.39. The molecule has 1 aliphatic heterocycles. The minimum Gasteiger partial charge on any atom is -0.356 e. The van der Waals surface area contributed by atoms with Gasteiger partial charge in [0.25, 0.3) is 0 Å². The molecule has 0 saturated carbocycles. The Kier molecular flexibility index (Phi) is 9.45. The van der Waals surface area contributed by atoms with Crippen molar-refractivity contribution in [1.29, 1.82) is 0 Å². The van der Waals surface area contributed by atoms with Gasteiger partial charge in [-0.2, -0.15) is 5.10 Å². The number of hydrogen-bond donors (Lipinski definition) is 3. The molecule has 0 bridgehead atoms. The molecule has 0 aromatic carbocycles. The maximum atomic E-state index is 4.23. The summed E-state index contributed by atoms with van der Waals surface area (Å²) >= 11 is 0. The number of piperidine rings is 1. The van der Waals surface area contributed by atoms with Gasteiger partial charge in [0.15, 0.2) is 5.96 Å². The Morgan fingerprint density at radius 2 is 2.18 bits per heavy atom. The minimum atomic E-state index is 0. The molecule has 126 valence electrons. The topological polar surface area (TPSA) is 68.3 Å². The zero-order chi connectivity index (χ0) is 14.9. The molecule has 1 aromatic rings. The normalized spacial score (nSPS) is 17.1. The quantitative estimate of drug-likeness (QED) is 0.284. The second kappa shape index (κ2) is 10.8. The second-order valence-corrected chi connectivity index (χ2v) is 5.81. The Labute approximate surface area is 150 Å². The first-order valence-electron chi connectivity index (χ1n) is 7.93. The first kappa shape index (κ1) is 19.2. The first-order valence-corrected chi connectivity index (χ1v) is 7.93. The predicted octanol–water partition coefficient (Wildman–Crippen LogP) is 1.81. The molecule has 7 heteroatoms. The lowest BCUT2D eigenvalue weighted by atomic mass is 9.99. The number of aromatic amines is 1. The first-order chi connectivity index (χ1) is 10.3. The van der Waals surface area contributed by atoms with Crippen molar-refractivity contribution in [3.8, 4) is 0 Å². The third-order valence-corrected chi connectivity index (χ3v) is 4.05. The van der Waals surface area contributed by atoms with E-state index < -0.39 is 0 Å². The molecule has 0 unspecified atom stereocenters. The Bertz CT molecular complexity index is 412. The molecule has 1 fully saturated rings. The summed E-state index contributed by atoms with van der Waals surface area (Å²) in [6.45, 7) is 7.71. The van der Waals surface area contributed by atoms with Gasteiger partial charge in [0, 0.05) is 19.8 Å². The van der Waals surface area contributed by atoms with Gasteiger partial charge in [0.05, 0.1) is 12.2 Å². The highest BCUT2D eigenvalue weighted by molar-refractivity contribution is 14.0. The fourth-order valence-electron chi connectivity index (χ4n) is 2.58. The Hall–Kier alpha value is -0.830. The Morgan fingerprint density at radius 3 is 2.82 bits per heavy atom. The van der Waals surface area contributed by atoms with Crippen molar-refractivity contribution in [2.24, 2.45) is 10.9 Å². The number of nitrogens with zero attached hydrogens (tertiary/aromatic N) is 3. The van der Waals surface area contributed by atoms with Crippen LogP contribution in [0.2, 0.25) is 0 Å². The number of nitrogens with one attached hydrogen (secondary N) is 3. The van der Waals surface area contributed by atoms with Crippen molar-refractivity contribution in [2.45, 2.75) is 32.7 Å². The molecule has 2 rings (SSSR count). The Morgan fingerprint density at radius 1 is 1.41 bits per heavy atom. The molecule has 0 radical (unpaired) electrons. The highest BCUT2D eigenvalue weighted by Crippen LogP contribution is 2.15. The van der Waals surface area contributed by atoms with Crippen LogP contribution in [0.1, 0.15) is 31.9 Å². The molecule has 0 amide bonds. The maximum absolute atomic E-state index is 4.23. The van der Waals surface area contributed by atoms with Crippen molar-refractivity contribution in [3.05, 3.63) is 18.0 Å². The van der Waals surface area contributed by atoms with Gasteiger partial charge in [-0.15, -0.1) is 24.0 Å². The van der Waals surface area contributed by atoms with Crippen LogP contribution in [-0.2, 0) is 6.54 Å². The number of aromatic nitrogens is 2. The molecule has 0 atom stereocenters. The SMILES string of the molecule is CN=C(NCCCN1CCC(C)CC1)NCc1ccn[nH]1.I. The number of hydrogen-bond acceptors (Lipinski definition) is 3. The van der Waals surface area contributed by atoms with E-state index in [1.807, 2.05) is 6.07 Å². The van der Waals surface area contributed by atoms with Crippen LogP contribution in [0.25, 0.3) is 0 Å². The summed E-state index contributed by atoms with van der Waals surface area (Å²) in [5.74, 6) is 1.75. The number of guanidine groups is 1. The van der Waals surface area contributed by atoms with Gasteiger partial charge < -0.3 is 15.5 Å². The van der Waals surface area contributed by atoms with E-state index in [2.05, 4.69) is 37.6 Å². The van der Waals surface area contributed by atoms with Gasteiger partial charge in [0.1, 0.15) is 0 Å². The van der Waals surface area contributed by atoms with Gasteiger partial charge in [-0.25, -0.2) is 0 Å². The molecule has 3 N–H and O–H groups in total. The van der Waals surface area contributed by atoms with Crippen molar-refractivity contribution < 1.29 is 0 Å². The van der Waals surface area contributed by atoms with Crippen LogP contribution in [0.5, 0.6) is 0 Å². The molecule has 0 spiro atoms. The molecule has 1 aliphatic rings. The van der Waals surface area contributed by atoms with Crippen LogP contribution in [0.15, 0.2) is 17.3 Å². The third kappa shape index (κ3) is 6.95. The number of halogens is 1. The summed E-state index contributed by atoms with van der Waals surface area (Å²) in [5.41, 5.74) is 1.06. The van der Waals surface area contributed by atoms with E-state index in [-0.39, 0.29) is 24.0 Å². The second-order valence-electron chi connectivity index (χ2n) is 5.81. The number of likely N-dealkylation sites (tertiary alicyclic amines) is 1. The monoisotopic (exact) mass is 420 g/mol. The van der Waals surface area contributed by atoms with Crippen LogP contribution in [0.4, 0.5) is 0 Å². The highest BCUT2D eigenvalue weighted by atomic mass is 127. The highest BCUT2D eigenvalue weighted by Gasteiger charge is 2.14. The van der Waals surface area contributed by atoms with Crippen LogP contribution < -0.4 is 10.6 Å². The van der Waals surface area contributed by atoms with E-state index in [1.54, 1.807) is 13.2 Å². The smallest absolute Gasteiger partial charge is 0.191 e.